The van der Waals surface area contributed by atoms with Gasteiger partial charge in [0.05, 0.1) is 7.11 Å². The van der Waals surface area contributed by atoms with Crippen molar-refractivity contribution in [1.29, 1.82) is 0 Å². The number of aliphatic carboxylic acids is 1. The number of allylic oxidation sites excluding steroid dienone is 5. The summed E-state index contributed by atoms with van der Waals surface area (Å²) < 4.78 is 4.64. The highest BCUT2D eigenvalue weighted by molar-refractivity contribution is 5.82. The Morgan fingerprint density at radius 1 is 0.857 bits per heavy atom. The van der Waals surface area contributed by atoms with Crippen LogP contribution in [0.5, 0.6) is 0 Å². The first-order valence-electron chi connectivity index (χ1n) is 11.0. The van der Waals surface area contributed by atoms with Crippen molar-refractivity contribution in [2.75, 3.05) is 7.11 Å². The minimum atomic E-state index is -0.890. The van der Waals surface area contributed by atoms with Gasteiger partial charge in [0.1, 0.15) is 0 Å². The highest BCUT2D eigenvalue weighted by Gasteiger charge is 2.05. The van der Waals surface area contributed by atoms with E-state index in [2.05, 4.69) is 16.9 Å². The van der Waals surface area contributed by atoms with Gasteiger partial charge in [0, 0.05) is 12.5 Å². The average Bonchev–Trinajstić information content (AvgIpc) is 2.68. The quantitative estimate of drug-likeness (QED) is 0.189. The van der Waals surface area contributed by atoms with Gasteiger partial charge in [-0.25, -0.2) is 4.79 Å². The fourth-order valence-electron chi connectivity index (χ4n) is 3.54. The predicted molar refractivity (Wildman–Crippen MR) is 114 cm³/mol. The van der Waals surface area contributed by atoms with Crippen LogP contribution < -0.4 is 0 Å². The minimum absolute atomic E-state index is 0.0892. The molecule has 28 heavy (non-hydrogen) atoms. The molecule has 0 radical (unpaired) electrons. The number of unbranched alkanes of at least 4 members (excludes halogenated alkanes) is 11. The van der Waals surface area contributed by atoms with Crippen molar-refractivity contribution in [2.45, 2.75) is 89.9 Å². The molecule has 0 heterocycles. The van der Waals surface area contributed by atoms with Crippen LogP contribution in [0.2, 0.25) is 0 Å². The molecule has 0 aliphatic heterocycles. The van der Waals surface area contributed by atoms with E-state index in [0.29, 0.717) is 12.3 Å². The number of ether oxygens (including phenoxy) is 1. The van der Waals surface area contributed by atoms with Gasteiger partial charge in [0.25, 0.3) is 0 Å². The van der Waals surface area contributed by atoms with Crippen LogP contribution in [0.4, 0.5) is 0 Å². The first-order valence-corrected chi connectivity index (χ1v) is 11.0. The van der Waals surface area contributed by atoms with E-state index in [0.717, 1.165) is 24.8 Å². The smallest absolute Gasteiger partial charge is 0.328 e. The molecule has 0 aromatic heterocycles. The second kappa shape index (κ2) is 16.1. The number of methoxy groups -OCH3 is 1. The van der Waals surface area contributed by atoms with Crippen molar-refractivity contribution in [3.8, 4) is 0 Å². The Kier molecular flexibility index (Phi) is 14.0. The summed E-state index contributed by atoms with van der Waals surface area (Å²) in [5.41, 5.74) is 0.768. The molecule has 0 unspecified atom stereocenters. The highest BCUT2D eigenvalue weighted by Crippen LogP contribution is 2.20. The normalized spacial score (nSPS) is 15.6. The molecule has 0 atom stereocenters. The third kappa shape index (κ3) is 13.3. The second-order valence-corrected chi connectivity index (χ2v) is 7.72. The Hall–Kier alpha value is -1.84. The van der Waals surface area contributed by atoms with E-state index in [1.165, 1.54) is 77.4 Å². The average molecular weight is 391 g/mol. The second-order valence-electron chi connectivity index (χ2n) is 7.72. The van der Waals surface area contributed by atoms with Crippen molar-refractivity contribution >= 4 is 11.9 Å². The lowest BCUT2D eigenvalue weighted by atomic mass is 9.94. The number of carbonyl (C=O) groups is 2. The number of hydrogen-bond donors (Lipinski definition) is 1. The van der Waals surface area contributed by atoms with Crippen molar-refractivity contribution in [3.63, 3.8) is 0 Å². The Morgan fingerprint density at radius 2 is 1.32 bits per heavy atom. The standard InChI is InChI=1S/C24H38O4/c1-28-24(27)15-13-11-9-7-5-3-2-4-6-8-10-12-14-21-16-18-22(19-17-21)20-23(25)26/h16-21H,2-15H2,1H3,(H,25,26). The van der Waals surface area contributed by atoms with E-state index in [-0.39, 0.29) is 5.97 Å². The molecule has 1 N–H and O–H groups in total. The van der Waals surface area contributed by atoms with Gasteiger partial charge in [-0.2, -0.15) is 0 Å². The summed E-state index contributed by atoms with van der Waals surface area (Å²) in [7, 11) is 1.45. The van der Waals surface area contributed by atoms with Gasteiger partial charge in [-0.05, 0) is 24.3 Å². The topological polar surface area (TPSA) is 63.6 Å². The fourth-order valence-corrected chi connectivity index (χ4v) is 3.54. The van der Waals surface area contributed by atoms with Crippen LogP contribution in [0.1, 0.15) is 89.9 Å². The van der Waals surface area contributed by atoms with E-state index >= 15 is 0 Å². The number of esters is 1. The van der Waals surface area contributed by atoms with Gasteiger partial charge in [0.2, 0.25) is 0 Å². The summed E-state index contributed by atoms with van der Waals surface area (Å²) in [5.74, 6) is -0.523. The van der Waals surface area contributed by atoms with Crippen LogP contribution in [-0.2, 0) is 14.3 Å². The molecule has 0 spiro atoms. The van der Waals surface area contributed by atoms with Gasteiger partial charge in [-0.15, -0.1) is 0 Å². The third-order valence-electron chi connectivity index (χ3n) is 5.26. The van der Waals surface area contributed by atoms with Crippen LogP contribution in [0.15, 0.2) is 36.0 Å². The summed E-state index contributed by atoms with van der Waals surface area (Å²) in [6.07, 6.45) is 26.1. The summed E-state index contributed by atoms with van der Waals surface area (Å²) in [5, 5.41) is 8.73. The fraction of sp³-hybridized carbons (Fsp3) is 0.667. The largest absolute Gasteiger partial charge is 0.478 e. The molecule has 0 saturated carbocycles. The Bertz CT molecular complexity index is 515. The minimum Gasteiger partial charge on any atom is -0.478 e. The molecule has 0 bridgehead atoms. The van der Waals surface area contributed by atoms with Crippen molar-refractivity contribution in [1.82, 2.24) is 0 Å². The molecule has 158 valence electrons. The molecular formula is C24H38O4. The van der Waals surface area contributed by atoms with E-state index in [9.17, 15) is 9.59 Å². The summed E-state index contributed by atoms with van der Waals surface area (Å²) in [6, 6.07) is 0. The summed E-state index contributed by atoms with van der Waals surface area (Å²) in [6.45, 7) is 0. The van der Waals surface area contributed by atoms with E-state index in [4.69, 9.17) is 5.11 Å². The van der Waals surface area contributed by atoms with Gasteiger partial charge in [0.15, 0.2) is 0 Å². The molecule has 4 heteroatoms. The molecule has 0 amide bonds. The molecule has 0 fully saturated rings. The molecular weight excluding hydrogens is 352 g/mol. The predicted octanol–water partition coefficient (Wildman–Crippen LogP) is 6.37. The van der Waals surface area contributed by atoms with Gasteiger partial charge in [-0.1, -0.05) is 94.9 Å². The monoisotopic (exact) mass is 390 g/mol. The van der Waals surface area contributed by atoms with Crippen LogP contribution in [0.3, 0.4) is 0 Å². The molecule has 1 aliphatic rings. The first-order chi connectivity index (χ1) is 13.6. The maximum Gasteiger partial charge on any atom is 0.328 e. The van der Waals surface area contributed by atoms with Crippen molar-refractivity contribution in [3.05, 3.63) is 36.0 Å². The zero-order valence-electron chi connectivity index (χ0n) is 17.5. The van der Waals surface area contributed by atoms with E-state index in [1.807, 2.05) is 12.2 Å². The van der Waals surface area contributed by atoms with Crippen LogP contribution in [0, 0.1) is 5.92 Å². The SMILES string of the molecule is COC(=O)CCCCCCCCCCCCCCC1C=CC(=CC(=O)O)C=C1. The maximum atomic E-state index is 11.0. The highest BCUT2D eigenvalue weighted by atomic mass is 16.5. The molecule has 1 rings (SSSR count). The van der Waals surface area contributed by atoms with Crippen LogP contribution in [0.25, 0.3) is 0 Å². The van der Waals surface area contributed by atoms with Gasteiger partial charge in [-0.3, -0.25) is 4.79 Å². The summed E-state index contributed by atoms with van der Waals surface area (Å²) >= 11 is 0. The number of rotatable bonds is 16. The molecule has 0 aromatic carbocycles. The lowest BCUT2D eigenvalue weighted by Gasteiger charge is -2.11. The maximum absolute atomic E-state index is 11.0. The number of carboxylic acid groups (broad SMARTS) is 1. The lowest BCUT2D eigenvalue weighted by molar-refractivity contribution is -0.140. The Balaban J connectivity index is 1.83. The summed E-state index contributed by atoms with van der Waals surface area (Å²) in [4.78, 5) is 21.6. The number of hydrogen-bond acceptors (Lipinski definition) is 3. The van der Waals surface area contributed by atoms with Crippen LogP contribution >= 0.6 is 0 Å². The number of carbonyl (C=O) groups excluding carboxylic acids is 1. The Labute approximate surface area is 170 Å². The van der Waals surface area contributed by atoms with Crippen molar-refractivity contribution in [2.24, 2.45) is 5.92 Å². The van der Waals surface area contributed by atoms with E-state index in [1.54, 1.807) is 0 Å². The van der Waals surface area contributed by atoms with Gasteiger partial charge < -0.3 is 9.84 Å². The van der Waals surface area contributed by atoms with Crippen LogP contribution in [-0.4, -0.2) is 24.2 Å². The van der Waals surface area contributed by atoms with E-state index < -0.39 is 5.97 Å². The van der Waals surface area contributed by atoms with Gasteiger partial charge >= 0.3 is 11.9 Å². The van der Waals surface area contributed by atoms with Crippen molar-refractivity contribution < 1.29 is 19.4 Å². The first kappa shape index (κ1) is 24.2. The lowest BCUT2D eigenvalue weighted by Crippen LogP contribution is -1.99. The zero-order valence-corrected chi connectivity index (χ0v) is 17.5. The number of carboxylic acids is 1. The molecule has 0 aromatic rings. The Morgan fingerprint density at radius 3 is 1.79 bits per heavy atom. The zero-order chi connectivity index (χ0) is 20.5. The molecule has 4 nitrogen and oxygen atoms in total. The molecule has 0 saturated heterocycles. The molecule has 1 aliphatic carbocycles. The third-order valence-corrected chi connectivity index (χ3v) is 5.26.